The molecule has 0 saturated carbocycles. The van der Waals surface area contributed by atoms with Crippen molar-refractivity contribution < 1.29 is 23.4 Å². The Labute approximate surface area is 172 Å². The smallest absolute Gasteiger partial charge is 0.250 e. The zero-order valence-corrected chi connectivity index (χ0v) is 20.0. The molecule has 0 N–H and O–H groups in total. The number of halogens is 1. The molecule has 148 valence electrons. The van der Waals surface area contributed by atoms with Crippen LogP contribution in [0.2, 0.25) is 18.1 Å². The summed E-state index contributed by atoms with van der Waals surface area (Å²) >= 11 is 2.30. The highest BCUT2D eigenvalue weighted by molar-refractivity contribution is 14.1. The molecule has 0 bridgehead atoms. The topological polar surface area (TPSA) is 46.2 Å². The highest BCUT2D eigenvalue weighted by Crippen LogP contribution is 2.42. The standard InChI is InChI=1S/C19H31IO5Si/c1-19(2,3)26(6,7)25-18-16(20)11-15(9-8-10-23-13-21-4)12-17(18)24-14-22-5/h8-9,11-12H,10,13-14H2,1-7H3/b9-8+. The van der Waals surface area contributed by atoms with Crippen LogP contribution in [0.1, 0.15) is 26.3 Å². The van der Waals surface area contributed by atoms with Crippen LogP contribution in [0.25, 0.3) is 6.08 Å². The van der Waals surface area contributed by atoms with Gasteiger partial charge in [-0.25, -0.2) is 0 Å². The second kappa shape index (κ2) is 10.7. The van der Waals surface area contributed by atoms with Gasteiger partial charge in [0.05, 0.1) is 10.2 Å². The van der Waals surface area contributed by atoms with Gasteiger partial charge in [0.1, 0.15) is 6.79 Å². The lowest BCUT2D eigenvalue weighted by atomic mass is 10.2. The first-order valence-corrected chi connectivity index (χ1v) is 12.5. The van der Waals surface area contributed by atoms with Gasteiger partial charge in [0.15, 0.2) is 18.3 Å². The summed E-state index contributed by atoms with van der Waals surface area (Å²) in [6.45, 7) is 12.1. The minimum Gasteiger partial charge on any atom is -0.540 e. The molecule has 0 unspecified atom stereocenters. The molecular formula is C19H31IO5Si. The number of rotatable bonds is 10. The molecule has 0 radical (unpaired) electrons. The lowest BCUT2D eigenvalue weighted by Gasteiger charge is -2.37. The van der Waals surface area contributed by atoms with E-state index in [0.29, 0.717) is 12.4 Å². The lowest BCUT2D eigenvalue weighted by Crippen LogP contribution is -2.44. The number of benzene rings is 1. The van der Waals surface area contributed by atoms with Crippen molar-refractivity contribution >= 4 is 37.0 Å². The molecule has 1 rings (SSSR count). The zero-order chi connectivity index (χ0) is 19.8. The van der Waals surface area contributed by atoms with Crippen molar-refractivity contribution in [1.29, 1.82) is 0 Å². The molecule has 0 aromatic heterocycles. The number of hydrogen-bond donors (Lipinski definition) is 0. The molecule has 0 atom stereocenters. The van der Waals surface area contributed by atoms with E-state index in [4.69, 9.17) is 23.4 Å². The summed E-state index contributed by atoms with van der Waals surface area (Å²) < 4.78 is 28.6. The van der Waals surface area contributed by atoms with Crippen LogP contribution in [0.15, 0.2) is 18.2 Å². The average Bonchev–Trinajstić information content (AvgIpc) is 2.54. The Hall–Kier alpha value is -0.613. The minimum atomic E-state index is -1.98. The SMILES string of the molecule is COCOC/C=C/c1cc(I)c(O[Si](C)(C)C(C)(C)C)c(OCOC)c1. The Morgan fingerprint density at radius 3 is 2.31 bits per heavy atom. The van der Waals surface area contributed by atoms with Crippen molar-refractivity contribution in [3.8, 4) is 11.5 Å². The van der Waals surface area contributed by atoms with Crippen molar-refractivity contribution in [3.63, 3.8) is 0 Å². The Kier molecular flexibility index (Phi) is 9.60. The van der Waals surface area contributed by atoms with Crippen LogP contribution < -0.4 is 9.16 Å². The molecule has 0 amide bonds. The number of ether oxygens (including phenoxy) is 4. The first-order valence-electron chi connectivity index (χ1n) is 8.50. The van der Waals surface area contributed by atoms with E-state index in [0.717, 1.165) is 14.9 Å². The minimum absolute atomic E-state index is 0.103. The fourth-order valence-corrected chi connectivity index (χ4v) is 3.78. The fraction of sp³-hybridized carbons (Fsp3) is 0.579. The van der Waals surface area contributed by atoms with E-state index in [1.807, 2.05) is 18.2 Å². The predicted octanol–water partition coefficient (Wildman–Crippen LogP) is 5.29. The van der Waals surface area contributed by atoms with Crippen LogP contribution in [0.3, 0.4) is 0 Å². The van der Waals surface area contributed by atoms with E-state index in [-0.39, 0.29) is 18.6 Å². The average molecular weight is 494 g/mol. The molecule has 0 fully saturated rings. The molecule has 1 aromatic carbocycles. The highest BCUT2D eigenvalue weighted by Gasteiger charge is 2.40. The van der Waals surface area contributed by atoms with E-state index in [1.54, 1.807) is 14.2 Å². The van der Waals surface area contributed by atoms with Gasteiger partial charge in [-0.3, -0.25) is 0 Å². The first kappa shape index (κ1) is 23.4. The van der Waals surface area contributed by atoms with Crippen LogP contribution >= 0.6 is 22.6 Å². The molecule has 0 aliphatic rings. The van der Waals surface area contributed by atoms with Gasteiger partial charge in [0.2, 0.25) is 0 Å². The normalized spacial score (nSPS) is 12.6. The van der Waals surface area contributed by atoms with Gasteiger partial charge in [-0.15, -0.1) is 0 Å². The van der Waals surface area contributed by atoms with Gasteiger partial charge < -0.3 is 23.4 Å². The van der Waals surface area contributed by atoms with Crippen molar-refractivity contribution in [3.05, 3.63) is 27.3 Å². The third-order valence-electron chi connectivity index (χ3n) is 4.25. The van der Waals surface area contributed by atoms with Gasteiger partial charge in [0.25, 0.3) is 8.32 Å². The first-order chi connectivity index (χ1) is 12.1. The van der Waals surface area contributed by atoms with Crippen LogP contribution in [-0.2, 0) is 14.2 Å². The largest absolute Gasteiger partial charge is 0.540 e. The van der Waals surface area contributed by atoms with Crippen molar-refractivity contribution in [2.45, 2.75) is 38.9 Å². The summed E-state index contributed by atoms with van der Waals surface area (Å²) in [6.07, 6.45) is 3.94. The summed E-state index contributed by atoms with van der Waals surface area (Å²) in [6, 6.07) is 4.05. The van der Waals surface area contributed by atoms with Crippen LogP contribution in [0, 0.1) is 3.57 Å². The van der Waals surface area contributed by atoms with Gasteiger partial charge in [-0.05, 0) is 58.4 Å². The molecule has 7 heteroatoms. The van der Waals surface area contributed by atoms with Crippen molar-refractivity contribution in [2.24, 2.45) is 0 Å². The van der Waals surface area contributed by atoms with Crippen LogP contribution in [0.5, 0.6) is 11.5 Å². The molecule has 0 aliphatic heterocycles. The molecule has 0 heterocycles. The molecule has 0 aliphatic carbocycles. The van der Waals surface area contributed by atoms with Crippen LogP contribution in [-0.4, -0.2) is 42.7 Å². The monoisotopic (exact) mass is 494 g/mol. The lowest BCUT2D eigenvalue weighted by molar-refractivity contribution is -0.0184. The van der Waals surface area contributed by atoms with E-state index in [2.05, 4.69) is 62.5 Å². The third-order valence-corrected chi connectivity index (χ3v) is 9.38. The van der Waals surface area contributed by atoms with Gasteiger partial charge >= 0.3 is 0 Å². The fourth-order valence-electron chi connectivity index (χ4n) is 1.80. The van der Waals surface area contributed by atoms with E-state index >= 15 is 0 Å². The third kappa shape index (κ3) is 7.19. The Bertz CT molecular complexity index is 596. The number of hydrogen-bond acceptors (Lipinski definition) is 5. The molecular weight excluding hydrogens is 463 g/mol. The van der Waals surface area contributed by atoms with Crippen molar-refractivity contribution in [2.75, 3.05) is 34.4 Å². The highest BCUT2D eigenvalue weighted by atomic mass is 127. The van der Waals surface area contributed by atoms with Crippen LogP contribution in [0.4, 0.5) is 0 Å². The van der Waals surface area contributed by atoms with Crippen molar-refractivity contribution in [1.82, 2.24) is 0 Å². The predicted molar refractivity (Wildman–Crippen MR) is 116 cm³/mol. The summed E-state index contributed by atoms with van der Waals surface area (Å²) in [4.78, 5) is 0. The summed E-state index contributed by atoms with van der Waals surface area (Å²) in [5.41, 5.74) is 1.02. The molecule has 0 spiro atoms. The quantitative estimate of drug-likeness (QED) is 0.191. The van der Waals surface area contributed by atoms with E-state index in [1.165, 1.54) is 0 Å². The van der Waals surface area contributed by atoms with Gasteiger partial charge in [0, 0.05) is 14.2 Å². The summed E-state index contributed by atoms with van der Waals surface area (Å²) in [7, 11) is 1.23. The molecule has 1 aromatic rings. The van der Waals surface area contributed by atoms with E-state index < -0.39 is 8.32 Å². The van der Waals surface area contributed by atoms with Gasteiger partial charge in [-0.1, -0.05) is 32.9 Å². The summed E-state index contributed by atoms with van der Waals surface area (Å²) in [5.74, 6) is 1.49. The van der Waals surface area contributed by atoms with Gasteiger partial charge in [-0.2, -0.15) is 0 Å². The Morgan fingerprint density at radius 1 is 1.08 bits per heavy atom. The zero-order valence-electron chi connectivity index (χ0n) is 16.8. The van der Waals surface area contributed by atoms with E-state index in [9.17, 15) is 0 Å². The summed E-state index contributed by atoms with van der Waals surface area (Å²) in [5, 5.41) is 0.103. The second-order valence-electron chi connectivity index (χ2n) is 7.42. The maximum Gasteiger partial charge on any atom is 0.250 e. The molecule has 5 nitrogen and oxygen atoms in total. The Morgan fingerprint density at radius 2 is 1.73 bits per heavy atom. The molecule has 26 heavy (non-hydrogen) atoms. The maximum atomic E-state index is 6.52. The second-order valence-corrected chi connectivity index (χ2v) is 13.3. The molecule has 0 saturated heterocycles. The maximum absolute atomic E-state index is 6.52. The Balaban J connectivity index is 3.09. The number of methoxy groups -OCH3 is 2.